The third-order valence-electron chi connectivity index (χ3n) is 0.578. The molecule has 2 nitrogen and oxygen atoms in total. The van der Waals surface area contributed by atoms with Gasteiger partial charge in [-0.05, 0) is 13.0 Å². The van der Waals surface area contributed by atoms with Crippen molar-refractivity contribution < 1.29 is 0 Å². The van der Waals surface area contributed by atoms with Crippen molar-refractivity contribution in [2.75, 3.05) is 0 Å². The van der Waals surface area contributed by atoms with Gasteiger partial charge in [0.1, 0.15) is 5.84 Å². The Morgan fingerprint density at radius 1 is 1.75 bits per heavy atom. The second-order valence-corrected chi connectivity index (χ2v) is 1.24. The van der Waals surface area contributed by atoms with E-state index in [9.17, 15) is 0 Å². The summed E-state index contributed by atoms with van der Waals surface area (Å²) in [5.41, 5.74) is 5.29. The fourth-order valence-corrected chi connectivity index (χ4v) is 0.319. The molecule has 0 aromatic heterocycles. The van der Waals surface area contributed by atoms with Gasteiger partial charge < -0.3 is 5.73 Å². The molecule has 0 rings (SSSR count). The molecule has 2 heteroatoms. The van der Waals surface area contributed by atoms with Crippen molar-refractivity contribution in [3.05, 3.63) is 24.9 Å². The Bertz CT molecular complexity index is 122. The maximum atomic E-state index is 5.29. The van der Waals surface area contributed by atoms with Gasteiger partial charge in [-0.15, -0.1) is 0 Å². The second kappa shape index (κ2) is 4.12. The van der Waals surface area contributed by atoms with Crippen molar-refractivity contribution in [3.8, 4) is 0 Å². The summed E-state index contributed by atoms with van der Waals surface area (Å²) >= 11 is 0. The molecular formula is C6H10N2. The molecule has 0 bridgehead atoms. The van der Waals surface area contributed by atoms with E-state index in [1.54, 1.807) is 6.08 Å². The lowest BCUT2D eigenvalue weighted by Crippen LogP contribution is -2.05. The zero-order chi connectivity index (χ0) is 6.41. The number of allylic oxidation sites excluding steroid dienone is 1. The molecule has 0 unspecified atom stereocenters. The molecule has 0 saturated carbocycles. The fraction of sp³-hybridized carbons (Fsp3) is 0.167. The van der Waals surface area contributed by atoms with E-state index in [2.05, 4.69) is 11.6 Å². The number of aliphatic imine (C=N–C) groups is 1. The van der Waals surface area contributed by atoms with Crippen LogP contribution in [0.3, 0.4) is 0 Å². The third-order valence-corrected chi connectivity index (χ3v) is 0.578. The number of amidine groups is 1. The van der Waals surface area contributed by atoms with Crippen LogP contribution in [-0.4, -0.2) is 5.84 Å². The first-order chi connectivity index (χ1) is 3.81. The van der Waals surface area contributed by atoms with E-state index in [4.69, 9.17) is 5.73 Å². The Morgan fingerprint density at radius 3 is 2.75 bits per heavy atom. The molecule has 0 spiro atoms. The van der Waals surface area contributed by atoms with Crippen LogP contribution in [0.2, 0.25) is 0 Å². The SMILES string of the molecule is C=CN=C(N)/C=C\C. The zero-order valence-corrected chi connectivity index (χ0v) is 4.96. The summed E-state index contributed by atoms with van der Waals surface area (Å²) in [6.45, 7) is 5.26. The maximum absolute atomic E-state index is 5.29. The van der Waals surface area contributed by atoms with Crippen LogP contribution in [0.15, 0.2) is 29.9 Å². The molecule has 8 heavy (non-hydrogen) atoms. The molecule has 0 fully saturated rings. The van der Waals surface area contributed by atoms with E-state index in [0.717, 1.165) is 0 Å². The van der Waals surface area contributed by atoms with E-state index < -0.39 is 0 Å². The zero-order valence-electron chi connectivity index (χ0n) is 4.96. The number of hydrogen-bond acceptors (Lipinski definition) is 1. The van der Waals surface area contributed by atoms with Gasteiger partial charge in [0, 0.05) is 6.20 Å². The van der Waals surface area contributed by atoms with Crippen LogP contribution in [0.25, 0.3) is 0 Å². The quantitative estimate of drug-likeness (QED) is 0.419. The second-order valence-electron chi connectivity index (χ2n) is 1.24. The Kier molecular flexibility index (Phi) is 3.58. The van der Waals surface area contributed by atoms with E-state index in [1.165, 1.54) is 6.20 Å². The number of rotatable bonds is 2. The topological polar surface area (TPSA) is 38.4 Å². The van der Waals surface area contributed by atoms with Gasteiger partial charge in [0.25, 0.3) is 0 Å². The van der Waals surface area contributed by atoms with E-state index in [-0.39, 0.29) is 0 Å². The molecule has 0 aliphatic heterocycles. The third kappa shape index (κ3) is 3.15. The van der Waals surface area contributed by atoms with Crippen LogP contribution in [0, 0.1) is 0 Å². The summed E-state index contributed by atoms with van der Waals surface area (Å²) < 4.78 is 0. The summed E-state index contributed by atoms with van der Waals surface area (Å²) in [6.07, 6.45) is 4.94. The van der Waals surface area contributed by atoms with Gasteiger partial charge >= 0.3 is 0 Å². The van der Waals surface area contributed by atoms with E-state index >= 15 is 0 Å². The van der Waals surface area contributed by atoms with Gasteiger partial charge in [-0.2, -0.15) is 0 Å². The van der Waals surface area contributed by atoms with Crippen molar-refractivity contribution in [2.24, 2.45) is 10.7 Å². The Hall–Kier alpha value is -1.05. The van der Waals surface area contributed by atoms with Gasteiger partial charge in [-0.1, -0.05) is 12.7 Å². The molecule has 0 aromatic carbocycles. The first-order valence-electron chi connectivity index (χ1n) is 2.38. The van der Waals surface area contributed by atoms with Crippen LogP contribution >= 0.6 is 0 Å². The summed E-state index contributed by atoms with van der Waals surface area (Å²) in [5, 5.41) is 0. The Balaban J connectivity index is 3.79. The minimum absolute atomic E-state index is 0.488. The van der Waals surface area contributed by atoms with Gasteiger partial charge in [0.2, 0.25) is 0 Å². The average molecular weight is 110 g/mol. The molecule has 0 aromatic rings. The molecule has 2 N–H and O–H groups in total. The van der Waals surface area contributed by atoms with Crippen LogP contribution in [0.4, 0.5) is 0 Å². The van der Waals surface area contributed by atoms with Crippen molar-refractivity contribution in [3.63, 3.8) is 0 Å². The van der Waals surface area contributed by atoms with Crippen LogP contribution < -0.4 is 5.73 Å². The highest BCUT2D eigenvalue weighted by atomic mass is 14.8. The molecular weight excluding hydrogens is 100 g/mol. The summed E-state index contributed by atoms with van der Waals surface area (Å²) in [4.78, 5) is 3.69. The molecule has 0 aliphatic carbocycles. The van der Waals surface area contributed by atoms with Crippen molar-refractivity contribution in [2.45, 2.75) is 6.92 Å². The molecule has 0 amide bonds. The molecule has 0 heterocycles. The smallest absolute Gasteiger partial charge is 0.122 e. The average Bonchev–Trinajstić information content (AvgIpc) is 1.68. The largest absolute Gasteiger partial charge is 0.384 e. The van der Waals surface area contributed by atoms with Crippen molar-refractivity contribution in [1.82, 2.24) is 0 Å². The number of nitrogens with two attached hydrogens (primary N) is 1. The summed E-state index contributed by atoms with van der Waals surface area (Å²) in [5.74, 6) is 0.488. The lowest BCUT2D eigenvalue weighted by Gasteiger charge is -1.82. The molecule has 44 valence electrons. The van der Waals surface area contributed by atoms with E-state index in [1.807, 2.05) is 13.0 Å². The van der Waals surface area contributed by atoms with Crippen molar-refractivity contribution >= 4 is 5.84 Å². The van der Waals surface area contributed by atoms with E-state index in [0.29, 0.717) is 5.84 Å². The minimum atomic E-state index is 0.488. The maximum Gasteiger partial charge on any atom is 0.122 e. The summed E-state index contributed by atoms with van der Waals surface area (Å²) in [7, 11) is 0. The van der Waals surface area contributed by atoms with Crippen LogP contribution in [0.5, 0.6) is 0 Å². The molecule has 0 atom stereocenters. The standard InChI is InChI=1S/C6H10N2/c1-3-5-6(7)8-4-2/h3-5H,2H2,1H3,(H2,7,8)/b5-3-. The Labute approximate surface area is 49.4 Å². The highest BCUT2D eigenvalue weighted by Gasteiger charge is 1.73. The van der Waals surface area contributed by atoms with Gasteiger partial charge in [-0.25, -0.2) is 4.99 Å². The summed E-state index contributed by atoms with van der Waals surface area (Å²) in [6, 6.07) is 0. The fourth-order valence-electron chi connectivity index (χ4n) is 0.319. The molecule has 0 radical (unpaired) electrons. The monoisotopic (exact) mass is 110 g/mol. The van der Waals surface area contributed by atoms with Gasteiger partial charge in [0.15, 0.2) is 0 Å². The van der Waals surface area contributed by atoms with Crippen LogP contribution in [0.1, 0.15) is 6.92 Å². The highest BCUT2D eigenvalue weighted by molar-refractivity contribution is 5.91. The first-order valence-corrected chi connectivity index (χ1v) is 2.38. The minimum Gasteiger partial charge on any atom is -0.384 e. The molecule has 0 aliphatic rings. The highest BCUT2D eigenvalue weighted by Crippen LogP contribution is 1.73. The number of hydrogen-bond donors (Lipinski definition) is 1. The molecule has 0 saturated heterocycles. The lowest BCUT2D eigenvalue weighted by atomic mass is 10.5. The predicted octanol–water partition coefficient (Wildman–Crippen LogP) is 1.06. The van der Waals surface area contributed by atoms with Crippen LogP contribution in [-0.2, 0) is 0 Å². The van der Waals surface area contributed by atoms with Gasteiger partial charge in [-0.3, -0.25) is 0 Å². The van der Waals surface area contributed by atoms with Gasteiger partial charge in [0.05, 0.1) is 0 Å². The predicted molar refractivity (Wildman–Crippen MR) is 36.6 cm³/mol. The first kappa shape index (κ1) is 6.95. The Morgan fingerprint density at radius 2 is 2.38 bits per heavy atom. The number of nitrogens with zero attached hydrogens (tertiary/aromatic N) is 1. The lowest BCUT2D eigenvalue weighted by molar-refractivity contribution is 1.52. The van der Waals surface area contributed by atoms with Crippen molar-refractivity contribution in [1.29, 1.82) is 0 Å². The normalized spacial score (nSPS) is 12.4.